The highest BCUT2D eigenvalue weighted by Crippen LogP contribution is 2.60. The van der Waals surface area contributed by atoms with Gasteiger partial charge in [-0.15, -0.1) is 0 Å². The second-order valence-electron chi connectivity index (χ2n) is 9.95. The van der Waals surface area contributed by atoms with Gasteiger partial charge < -0.3 is 9.47 Å². The minimum absolute atomic E-state index is 0.0701. The first-order chi connectivity index (χ1) is 15.8. The molecule has 33 heavy (non-hydrogen) atoms. The van der Waals surface area contributed by atoms with Crippen LogP contribution in [0.3, 0.4) is 0 Å². The van der Waals surface area contributed by atoms with Crippen molar-refractivity contribution in [2.45, 2.75) is 51.9 Å². The van der Waals surface area contributed by atoms with Crippen molar-refractivity contribution in [3.8, 4) is 11.5 Å². The second kappa shape index (κ2) is 9.00. The standard InChI is InChI=1S/C25H28BrNO4S2/c1-3-4-27-22(28)20(33-24(27)32)10-14-8-18(26)21(19(9-14)30-2)31-23(29)25-11-15-5-16(12-25)7-17(6-15)13-25/h8-10,15-17H,3-7,11-13H2,1-2H3/b20-10+. The minimum Gasteiger partial charge on any atom is -0.493 e. The third-order valence-electron chi connectivity index (χ3n) is 7.54. The van der Waals surface area contributed by atoms with E-state index in [1.165, 1.54) is 31.0 Å². The molecule has 0 N–H and O–H groups in total. The fourth-order valence-electron chi connectivity index (χ4n) is 6.55. The summed E-state index contributed by atoms with van der Waals surface area (Å²) in [5.41, 5.74) is 0.441. The molecule has 1 aromatic carbocycles. The predicted octanol–water partition coefficient (Wildman–Crippen LogP) is 6.19. The van der Waals surface area contributed by atoms with Crippen LogP contribution in [0.2, 0.25) is 0 Å². The van der Waals surface area contributed by atoms with Gasteiger partial charge in [0.2, 0.25) is 0 Å². The number of ether oxygens (including phenoxy) is 2. The van der Waals surface area contributed by atoms with Crippen molar-refractivity contribution in [2.75, 3.05) is 13.7 Å². The smallest absolute Gasteiger partial charge is 0.317 e. The lowest BCUT2D eigenvalue weighted by Crippen LogP contribution is -2.51. The summed E-state index contributed by atoms with van der Waals surface area (Å²) in [4.78, 5) is 28.4. The molecule has 4 saturated carbocycles. The molecule has 0 radical (unpaired) electrons. The molecule has 1 heterocycles. The van der Waals surface area contributed by atoms with E-state index in [0.29, 0.717) is 49.5 Å². The van der Waals surface area contributed by atoms with Crippen molar-refractivity contribution >= 4 is 62.2 Å². The number of thiocarbonyl (C=S) groups is 1. The molecule has 4 aliphatic carbocycles. The SMILES string of the molecule is CCCN1C(=O)/C(=C\c2cc(Br)c(OC(=O)C34CC5CC(CC(C5)C3)C4)c(OC)c2)SC1=S. The largest absolute Gasteiger partial charge is 0.493 e. The van der Waals surface area contributed by atoms with E-state index in [2.05, 4.69) is 15.9 Å². The topological polar surface area (TPSA) is 55.8 Å². The summed E-state index contributed by atoms with van der Waals surface area (Å²) in [6.07, 6.45) is 9.35. The van der Waals surface area contributed by atoms with Crippen molar-refractivity contribution in [3.63, 3.8) is 0 Å². The van der Waals surface area contributed by atoms with Crippen LogP contribution in [0.1, 0.15) is 57.4 Å². The third kappa shape index (κ3) is 4.27. The summed E-state index contributed by atoms with van der Waals surface area (Å²) >= 11 is 10.2. The number of esters is 1. The molecule has 176 valence electrons. The lowest BCUT2D eigenvalue weighted by Gasteiger charge is -2.55. The van der Waals surface area contributed by atoms with Crippen LogP contribution in [0.4, 0.5) is 0 Å². The summed E-state index contributed by atoms with van der Waals surface area (Å²) in [5, 5.41) is 0. The molecule has 1 saturated heterocycles. The summed E-state index contributed by atoms with van der Waals surface area (Å²) in [6.45, 7) is 2.64. The Morgan fingerprint density at radius 2 is 1.88 bits per heavy atom. The Hall–Kier alpha value is -1.38. The normalized spacial score (nSPS) is 31.5. The van der Waals surface area contributed by atoms with Crippen LogP contribution in [0.5, 0.6) is 11.5 Å². The second-order valence-corrected chi connectivity index (χ2v) is 12.5. The van der Waals surface area contributed by atoms with E-state index in [4.69, 9.17) is 21.7 Å². The number of nitrogens with zero attached hydrogens (tertiary/aromatic N) is 1. The van der Waals surface area contributed by atoms with E-state index in [9.17, 15) is 9.59 Å². The molecular formula is C25H28BrNO4S2. The zero-order valence-electron chi connectivity index (χ0n) is 18.9. The minimum atomic E-state index is -0.342. The van der Waals surface area contributed by atoms with Gasteiger partial charge in [-0.3, -0.25) is 14.5 Å². The molecule has 0 unspecified atom stereocenters. The van der Waals surface area contributed by atoms with E-state index in [0.717, 1.165) is 31.2 Å². The molecule has 1 aliphatic heterocycles. The average Bonchev–Trinajstić information content (AvgIpc) is 3.02. The number of benzene rings is 1. The van der Waals surface area contributed by atoms with Crippen molar-refractivity contribution in [3.05, 3.63) is 27.1 Å². The molecule has 4 bridgehead atoms. The van der Waals surface area contributed by atoms with E-state index in [1.54, 1.807) is 18.1 Å². The van der Waals surface area contributed by atoms with E-state index < -0.39 is 0 Å². The number of carbonyl (C=O) groups excluding carboxylic acids is 2. The summed E-state index contributed by atoms with van der Waals surface area (Å²) in [7, 11) is 1.56. The van der Waals surface area contributed by atoms with Crippen LogP contribution < -0.4 is 9.47 Å². The van der Waals surface area contributed by atoms with E-state index in [1.807, 2.05) is 19.1 Å². The van der Waals surface area contributed by atoms with Crippen LogP contribution >= 0.6 is 39.9 Å². The molecular weight excluding hydrogens is 522 g/mol. The number of halogens is 1. The number of hydrogen-bond donors (Lipinski definition) is 0. The molecule has 6 rings (SSSR count). The summed E-state index contributed by atoms with van der Waals surface area (Å²) in [6, 6.07) is 3.66. The fraction of sp³-hybridized carbons (Fsp3) is 0.560. The number of carbonyl (C=O) groups is 2. The highest BCUT2D eigenvalue weighted by molar-refractivity contribution is 9.10. The number of methoxy groups -OCH3 is 1. The number of thioether (sulfide) groups is 1. The van der Waals surface area contributed by atoms with Crippen molar-refractivity contribution in [1.82, 2.24) is 4.90 Å². The first-order valence-corrected chi connectivity index (χ1v) is 13.7. The van der Waals surface area contributed by atoms with Gasteiger partial charge >= 0.3 is 5.97 Å². The first-order valence-electron chi connectivity index (χ1n) is 11.7. The Bertz CT molecular complexity index is 1020. The van der Waals surface area contributed by atoms with Crippen molar-refractivity contribution < 1.29 is 19.1 Å². The van der Waals surface area contributed by atoms with Gasteiger partial charge in [-0.1, -0.05) is 30.9 Å². The molecule has 1 aromatic rings. The maximum atomic E-state index is 13.4. The lowest BCUT2D eigenvalue weighted by molar-refractivity contribution is -0.161. The number of rotatable bonds is 6. The Kier molecular flexibility index (Phi) is 6.38. The van der Waals surface area contributed by atoms with Gasteiger partial charge in [-0.25, -0.2) is 0 Å². The van der Waals surface area contributed by atoms with Crippen molar-refractivity contribution in [2.24, 2.45) is 23.2 Å². The molecule has 5 fully saturated rings. The van der Waals surface area contributed by atoms with Crippen LogP contribution in [0.15, 0.2) is 21.5 Å². The molecule has 5 nitrogen and oxygen atoms in total. The van der Waals surface area contributed by atoms with E-state index >= 15 is 0 Å². The Labute approximate surface area is 212 Å². The van der Waals surface area contributed by atoms with Gasteiger partial charge in [0, 0.05) is 6.54 Å². The Morgan fingerprint density at radius 1 is 1.24 bits per heavy atom. The van der Waals surface area contributed by atoms with Crippen LogP contribution in [0.25, 0.3) is 6.08 Å². The highest BCUT2D eigenvalue weighted by Gasteiger charge is 2.55. The summed E-state index contributed by atoms with van der Waals surface area (Å²) < 4.78 is 12.8. The van der Waals surface area contributed by atoms with Crippen LogP contribution in [0, 0.1) is 23.2 Å². The maximum absolute atomic E-state index is 13.4. The van der Waals surface area contributed by atoms with Gasteiger partial charge in [0.1, 0.15) is 4.32 Å². The average molecular weight is 551 g/mol. The Morgan fingerprint density at radius 3 is 2.45 bits per heavy atom. The fourth-order valence-corrected chi connectivity index (χ4v) is 8.40. The molecule has 1 amide bonds. The van der Waals surface area contributed by atoms with Gasteiger partial charge in [0.05, 0.1) is 21.9 Å². The van der Waals surface area contributed by atoms with Gasteiger partial charge in [0.15, 0.2) is 11.5 Å². The zero-order valence-corrected chi connectivity index (χ0v) is 22.1. The van der Waals surface area contributed by atoms with Crippen LogP contribution in [-0.4, -0.2) is 34.8 Å². The van der Waals surface area contributed by atoms with Crippen molar-refractivity contribution in [1.29, 1.82) is 0 Å². The van der Waals surface area contributed by atoms with Gasteiger partial charge in [-0.05, 0) is 102 Å². The maximum Gasteiger partial charge on any atom is 0.317 e. The third-order valence-corrected chi connectivity index (χ3v) is 9.50. The van der Waals surface area contributed by atoms with Gasteiger partial charge in [0.25, 0.3) is 5.91 Å². The Balaban J connectivity index is 1.38. The molecule has 5 aliphatic rings. The molecule has 0 spiro atoms. The molecule has 8 heteroatoms. The van der Waals surface area contributed by atoms with Gasteiger partial charge in [-0.2, -0.15) is 0 Å². The lowest BCUT2D eigenvalue weighted by atomic mass is 9.49. The zero-order chi connectivity index (χ0) is 23.3. The molecule has 0 atom stereocenters. The van der Waals surface area contributed by atoms with E-state index in [-0.39, 0.29) is 17.3 Å². The highest BCUT2D eigenvalue weighted by atomic mass is 79.9. The summed E-state index contributed by atoms with van der Waals surface area (Å²) in [5.74, 6) is 2.70. The van der Waals surface area contributed by atoms with Crippen LogP contribution in [-0.2, 0) is 9.59 Å². The predicted molar refractivity (Wildman–Crippen MR) is 137 cm³/mol. The molecule has 0 aromatic heterocycles. The quantitative estimate of drug-likeness (QED) is 0.182. The number of amides is 1. The number of hydrogen-bond acceptors (Lipinski definition) is 6. The monoisotopic (exact) mass is 549 g/mol. The first kappa shape index (κ1) is 23.4.